The molecule has 4 nitrogen and oxygen atoms in total. The minimum Gasteiger partial charge on any atom is -0.241 e. The Morgan fingerprint density at radius 1 is 0.963 bits per heavy atom. The van der Waals surface area contributed by atoms with E-state index in [1.54, 1.807) is 23.0 Å². The number of hydrogen-bond acceptors (Lipinski definition) is 4. The van der Waals surface area contributed by atoms with Crippen LogP contribution in [0.15, 0.2) is 78.1 Å². The zero-order chi connectivity index (χ0) is 18.6. The molecule has 2 heterocycles. The summed E-state index contributed by atoms with van der Waals surface area (Å²) in [5.74, 6) is 0.0924. The van der Waals surface area contributed by atoms with Crippen molar-refractivity contribution >= 4 is 23.4 Å². The average Bonchev–Trinajstić information content (AvgIpc) is 3.23. The van der Waals surface area contributed by atoms with E-state index in [1.165, 1.54) is 17.8 Å². The molecule has 0 amide bonds. The zero-order valence-corrected chi connectivity index (χ0v) is 15.7. The standard InChI is InChI=1S/C20H14ClFN4S/c21-17-3-1-4-18(22)16(17)13-27-20-10-9-19(24-25-20)14-5-7-15(8-6-14)26-12-2-11-23-26/h1-12H,13H2. The summed E-state index contributed by atoms with van der Waals surface area (Å²) in [6.45, 7) is 0. The third-order valence-corrected chi connectivity index (χ3v) is 5.30. The number of thioether (sulfide) groups is 1. The largest absolute Gasteiger partial charge is 0.241 e. The summed E-state index contributed by atoms with van der Waals surface area (Å²) in [6.07, 6.45) is 3.63. The number of rotatable bonds is 5. The SMILES string of the molecule is Fc1cccc(Cl)c1CSc1ccc(-c2ccc(-n3cccn3)cc2)nn1. The van der Waals surface area contributed by atoms with Crippen molar-refractivity contribution in [2.24, 2.45) is 0 Å². The maximum absolute atomic E-state index is 13.8. The highest BCUT2D eigenvalue weighted by Gasteiger charge is 2.09. The Morgan fingerprint density at radius 3 is 2.48 bits per heavy atom. The first kappa shape index (κ1) is 17.7. The molecule has 0 radical (unpaired) electrons. The third-order valence-electron chi connectivity index (χ3n) is 4.00. The monoisotopic (exact) mass is 396 g/mol. The first-order valence-corrected chi connectivity index (χ1v) is 9.57. The van der Waals surface area contributed by atoms with Crippen molar-refractivity contribution in [2.45, 2.75) is 10.8 Å². The fraction of sp³-hybridized carbons (Fsp3) is 0.0500. The molecular weight excluding hydrogens is 383 g/mol. The molecule has 0 saturated carbocycles. The molecular formula is C20H14ClFN4S. The van der Waals surface area contributed by atoms with E-state index < -0.39 is 0 Å². The zero-order valence-electron chi connectivity index (χ0n) is 14.1. The molecule has 2 aromatic heterocycles. The molecule has 134 valence electrons. The van der Waals surface area contributed by atoms with E-state index >= 15 is 0 Å². The molecule has 27 heavy (non-hydrogen) atoms. The number of aromatic nitrogens is 4. The molecule has 2 aromatic carbocycles. The molecule has 7 heteroatoms. The topological polar surface area (TPSA) is 43.6 Å². The fourth-order valence-electron chi connectivity index (χ4n) is 2.57. The fourth-order valence-corrected chi connectivity index (χ4v) is 3.73. The maximum atomic E-state index is 13.8. The molecule has 0 N–H and O–H groups in total. The summed E-state index contributed by atoms with van der Waals surface area (Å²) in [7, 11) is 0. The Balaban J connectivity index is 1.46. The van der Waals surface area contributed by atoms with Crippen molar-refractivity contribution in [3.63, 3.8) is 0 Å². The van der Waals surface area contributed by atoms with Crippen molar-refractivity contribution in [3.05, 3.63) is 89.5 Å². The van der Waals surface area contributed by atoms with E-state index in [4.69, 9.17) is 11.6 Å². The second-order valence-corrected chi connectivity index (χ2v) is 7.15. The van der Waals surface area contributed by atoms with E-state index in [2.05, 4.69) is 15.3 Å². The van der Waals surface area contributed by atoms with E-state index in [-0.39, 0.29) is 5.82 Å². The van der Waals surface area contributed by atoms with Gasteiger partial charge in [-0.25, -0.2) is 9.07 Å². The molecule has 0 bridgehead atoms. The van der Waals surface area contributed by atoms with Crippen LogP contribution in [-0.4, -0.2) is 20.0 Å². The second-order valence-electron chi connectivity index (χ2n) is 5.74. The highest BCUT2D eigenvalue weighted by Crippen LogP contribution is 2.28. The smallest absolute Gasteiger partial charge is 0.128 e. The second kappa shape index (κ2) is 7.90. The summed E-state index contributed by atoms with van der Waals surface area (Å²) < 4.78 is 15.6. The highest BCUT2D eigenvalue weighted by atomic mass is 35.5. The Morgan fingerprint density at radius 2 is 1.81 bits per heavy atom. The van der Waals surface area contributed by atoms with Crippen molar-refractivity contribution in [1.82, 2.24) is 20.0 Å². The van der Waals surface area contributed by atoms with Crippen LogP contribution in [0.25, 0.3) is 16.9 Å². The van der Waals surface area contributed by atoms with Gasteiger partial charge in [0.25, 0.3) is 0 Å². The van der Waals surface area contributed by atoms with Crippen LogP contribution in [0, 0.1) is 5.82 Å². The molecule has 0 aliphatic rings. The van der Waals surface area contributed by atoms with Gasteiger partial charge in [0.2, 0.25) is 0 Å². The molecule has 4 rings (SSSR count). The Hall–Kier alpha value is -2.70. The van der Waals surface area contributed by atoms with Gasteiger partial charge < -0.3 is 0 Å². The first-order valence-electron chi connectivity index (χ1n) is 8.20. The average molecular weight is 397 g/mol. The van der Waals surface area contributed by atoms with E-state index in [0.29, 0.717) is 21.4 Å². The first-order chi connectivity index (χ1) is 13.2. The van der Waals surface area contributed by atoms with Crippen LogP contribution in [-0.2, 0) is 5.75 Å². The highest BCUT2D eigenvalue weighted by molar-refractivity contribution is 7.98. The molecule has 0 unspecified atom stereocenters. The summed E-state index contributed by atoms with van der Waals surface area (Å²) >= 11 is 7.45. The normalized spacial score (nSPS) is 10.9. The van der Waals surface area contributed by atoms with Crippen LogP contribution >= 0.6 is 23.4 Å². The van der Waals surface area contributed by atoms with E-state index in [1.807, 2.05) is 48.7 Å². The Kier molecular flexibility index (Phi) is 5.18. The minimum atomic E-state index is -0.308. The Labute approximate surface area is 165 Å². The molecule has 0 spiro atoms. The molecule has 0 aliphatic heterocycles. The van der Waals surface area contributed by atoms with Crippen molar-refractivity contribution in [1.29, 1.82) is 0 Å². The van der Waals surface area contributed by atoms with Gasteiger partial charge in [0, 0.05) is 34.3 Å². The van der Waals surface area contributed by atoms with Crippen LogP contribution < -0.4 is 0 Å². The van der Waals surface area contributed by atoms with Gasteiger partial charge in [0.15, 0.2) is 0 Å². The summed E-state index contributed by atoms with van der Waals surface area (Å²) in [5, 5.41) is 13.9. The van der Waals surface area contributed by atoms with Crippen LogP contribution in [0.5, 0.6) is 0 Å². The van der Waals surface area contributed by atoms with E-state index in [0.717, 1.165) is 16.9 Å². The maximum Gasteiger partial charge on any atom is 0.128 e. The van der Waals surface area contributed by atoms with E-state index in [9.17, 15) is 4.39 Å². The van der Waals surface area contributed by atoms with Gasteiger partial charge in [0.1, 0.15) is 10.8 Å². The van der Waals surface area contributed by atoms with Crippen LogP contribution in [0.4, 0.5) is 4.39 Å². The molecule has 0 atom stereocenters. The lowest BCUT2D eigenvalue weighted by Gasteiger charge is -2.06. The van der Waals surface area contributed by atoms with Crippen molar-refractivity contribution in [3.8, 4) is 16.9 Å². The summed E-state index contributed by atoms with van der Waals surface area (Å²) in [5.41, 5.74) is 3.19. The van der Waals surface area contributed by atoms with Crippen LogP contribution in [0.2, 0.25) is 5.02 Å². The number of hydrogen-bond donors (Lipinski definition) is 0. The molecule has 0 saturated heterocycles. The van der Waals surface area contributed by atoms with Gasteiger partial charge in [-0.15, -0.1) is 10.2 Å². The van der Waals surface area contributed by atoms with Crippen LogP contribution in [0.1, 0.15) is 5.56 Å². The van der Waals surface area contributed by atoms with Crippen LogP contribution in [0.3, 0.4) is 0 Å². The molecule has 0 fully saturated rings. The Bertz CT molecular complexity index is 1010. The third kappa shape index (κ3) is 4.02. The van der Waals surface area contributed by atoms with Crippen molar-refractivity contribution in [2.75, 3.05) is 0 Å². The van der Waals surface area contributed by atoms with Crippen molar-refractivity contribution < 1.29 is 4.39 Å². The van der Waals surface area contributed by atoms with Gasteiger partial charge >= 0.3 is 0 Å². The lowest BCUT2D eigenvalue weighted by atomic mass is 10.1. The molecule has 4 aromatic rings. The van der Waals surface area contributed by atoms with Gasteiger partial charge in [-0.3, -0.25) is 0 Å². The lowest BCUT2D eigenvalue weighted by molar-refractivity contribution is 0.617. The number of halogens is 2. The summed E-state index contributed by atoms with van der Waals surface area (Å²) in [4.78, 5) is 0. The predicted octanol–water partition coefficient (Wildman–Crippen LogP) is 5.41. The van der Waals surface area contributed by atoms with Gasteiger partial charge in [0.05, 0.1) is 11.4 Å². The minimum absolute atomic E-state index is 0.308. The lowest BCUT2D eigenvalue weighted by Crippen LogP contribution is -1.95. The van der Waals surface area contributed by atoms with Gasteiger partial charge in [-0.2, -0.15) is 5.10 Å². The predicted molar refractivity (Wildman–Crippen MR) is 106 cm³/mol. The van der Waals surface area contributed by atoms with Gasteiger partial charge in [-0.05, 0) is 42.5 Å². The number of benzene rings is 2. The van der Waals surface area contributed by atoms with Gasteiger partial charge in [-0.1, -0.05) is 41.6 Å². The number of nitrogens with zero attached hydrogens (tertiary/aromatic N) is 4. The quantitative estimate of drug-likeness (QED) is 0.423. The summed E-state index contributed by atoms with van der Waals surface area (Å²) in [6, 6.07) is 18.3. The molecule has 0 aliphatic carbocycles.